The lowest BCUT2D eigenvalue weighted by Crippen LogP contribution is -2.67. The number of allylic oxidation sites excluding steroid dienone is 1. The van der Waals surface area contributed by atoms with Gasteiger partial charge in [0.1, 0.15) is 0 Å². The van der Waals surface area contributed by atoms with E-state index in [-0.39, 0.29) is 0 Å². The van der Waals surface area contributed by atoms with Gasteiger partial charge >= 0.3 is 0 Å². The van der Waals surface area contributed by atoms with E-state index < -0.39 is 0 Å². The van der Waals surface area contributed by atoms with Crippen LogP contribution in [0.2, 0.25) is 0 Å². The maximum Gasteiger partial charge on any atom is 0.257 e. The molecule has 0 atom stereocenters. The van der Waals surface area contributed by atoms with Crippen LogP contribution in [-0.4, -0.2) is 0 Å². The van der Waals surface area contributed by atoms with E-state index in [1.807, 2.05) is 59.7 Å². The van der Waals surface area contributed by atoms with Crippen LogP contribution in [0.25, 0.3) is 0 Å². The van der Waals surface area contributed by atoms with Crippen molar-refractivity contribution in [1.29, 1.82) is 0 Å². The van der Waals surface area contributed by atoms with Crippen molar-refractivity contribution in [3.8, 4) is 0 Å². The van der Waals surface area contributed by atoms with E-state index in [9.17, 15) is 0 Å². The van der Waals surface area contributed by atoms with E-state index in [0.29, 0.717) is 0 Å². The summed E-state index contributed by atoms with van der Waals surface area (Å²) < 4.78 is 4.14. The lowest BCUT2D eigenvalue weighted by atomic mass is 10.3. The summed E-state index contributed by atoms with van der Waals surface area (Å²) in [5, 5.41) is 0. The highest BCUT2D eigenvalue weighted by atomic mass is 15.4. The van der Waals surface area contributed by atoms with Crippen molar-refractivity contribution >= 4 is 0 Å². The Kier molecular flexibility index (Phi) is 2.88. The van der Waals surface area contributed by atoms with Gasteiger partial charge in [-0.25, -0.2) is 0 Å². The fourth-order valence-corrected chi connectivity index (χ4v) is 1.54. The molecule has 2 rings (SSSR count). The summed E-state index contributed by atoms with van der Waals surface area (Å²) in [6.07, 6.45) is 8.86. The summed E-state index contributed by atoms with van der Waals surface area (Å²) in [6, 6.07) is 12.2. The standard InChI is InChI=1S/C13H14N2/c1-2-8-13-9-4-7-12-15(13)14-10-5-3-6-11-14/h2-7,9-12H,1,8H2/q+2. The zero-order valence-electron chi connectivity index (χ0n) is 8.58. The molecule has 0 amide bonds. The van der Waals surface area contributed by atoms with Crippen molar-refractivity contribution in [2.45, 2.75) is 6.42 Å². The molecule has 2 heteroatoms. The molecule has 0 radical (unpaired) electrons. The fourth-order valence-electron chi connectivity index (χ4n) is 1.54. The first kappa shape index (κ1) is 9.59. The Labute approximate surface area is 89.7 Å². The molecule has 2 aromatic rings. The van der Waals surface area contributed by atoms with Crippen LogP contribution in [0.4, 0.5) is 0 Å². The molecule has 15 heavy (non-hydrogen) atoms. The van der Waals surface area contributed by atoms with Gasteiger partial charge in [-0.3, -0.25) is 0 Å². The van der Waals surface area contributed by atoms with Crippen LogP contribution in [0.1, 0.15) is 5.69 Å². The molecule has 0 N–H and O–H groups in total. The zero-order valence-corrected chi connectivity index (χ0v) is 8.58. The van der Waals surface area contributed by atoms with Crippen molar-refractivity contribution in [1.82, 2.24) is 0 Å². The topological polar surface area (TPSA) is 7.76 Å². The van der Waals surface area contributed by atoms with E-state index in [1.54, 1.807) is 0 Å². The summed E-state index contributed by atoms with van der Waals surface area (Å²) in [6.45, 7) is 3.77. The van der Waals surface area contributed by atoms with Crippen LogP contribution < -0.4 is 9.35 Å². The third-order valence-electron chi connectivity index (χ3n) is 2.22. The van der Waals surface area contributed by atoms with E-state index in [0.717, 1.165) is 6.42 Å². The number of nitrogens with zero attached hydrogens (tertiary/aromatic N) is 2. The normalized spacial score (nSPS) is 9.87. The molecular weight excluding hydrogens is 184 g/mol. The molecule has 2 heterocycles. The molecule has 0 fully saturated rings. The van der Waals surface area contributed by atoms with E-state index in [4.69, 9.17) is 0 Å². The molecule has 0 aliphatic rings. The molecule has 2 nitrogen and oxygen atoms in total. The molecule has 0 saturated heterocycles. The number of hydrogen-bond acceptors (Lipinski definition) is 0. The van der Waals surface area contributed by atoms with E-state index in [2.05, 4.69) is 17.3 Å². The smallest absolute Gasteiger partial charge is 0.103 e. The maximum absolute atomic E-state index is 3.77. The fraction of sp³-hybridized carbons (Fsp3) is 0.0769. The molecule has 0 bridgehead atoms. The van der Waals surface area contributed by atoms with Gasteiger partial charge in [0.05, 0.1) is 15.8 Å². The Morgan fingerprint density at radius 2 is 1.73 bits per heavy atom. The minimum Gasteiger partial charge on any atom is -0.103 e. The van der Waals surface area contributed by atoms with Crippen molar-refractivity contribution < 1.29 is 9.35 Å². The number of hydrogen-bond donors (Lipinski definition) is 0. The van der Waals surface area contributed by atoms with Crippen molar-refractivity contribution in [2.24, 2.45) is 0 Å². The first-order chi connectivity index (χ1) is 7.42. The average Bonchev–Trinajstić information content (AvgIpc) is 2.31. The van der Waals surface area contributed by atoms with Gasteiger partial charge in [0.15, 0.2) is 0 Å². The summed E-state index contributed by atoms with van der Waals surface area (Å²) in [5.41, 5.74) is 1.21. The van der Waals surface area contributed by atoms with Crippen molar-refractivity contribution in [3.63, 3.8) is 0 Å². The molecule has 0 spiro atoms. The lowest BCUT2D eigenvalue weighted by Gasteiger charge is -1.93. The van der Waals surface area contributed by atoms with Crippen LogP contribution in [-0.2, 0) is 6.42 Å². The van der Waals surface area contributed by atoms with Crippen LogP contribution in [0.5, 0.6) is 0 Å². The number of aromatic nitrogens is 2. The first-order valence-corrected chi connectivity index (χ1v) is 4.99. The molecule has 0 unspecified atom stereocenters. The van der Waals surface area contributed by atoms with Crippen LogP contribution >= 0.6 is 0 Å². The minimum absolute atomic E-state index is 0.864. The minimum atomic E-state index is 0.864. The number of pyridine rings is 2. The average molecular weight is 198 g/mol. The monoisotopic (exact) mass is 198 g/mol. The Morgan fingerprint density at radius 3 is 2.47 bits per heavy atom. The van der Waals surface area contributed by atoms with Gasteiger partial charge in [0.25, 0.3) is 5.69 Å². The molecule has 0 saturated carbocycles. The van der Waals surface area contributed by atoms with Crippen LogP contribution in [0.15, 0.2) is 67.6 Å². The predicted molar refractivity (Wildman–Crippen MR) is 58.0 cm³/mol. The van der Waals surface area contributed by atoms with Gasteiger partial charge in [-0.05, 0) is 12.1 Å². The molecule has 0 aliphatic carbocycles. The first-order valence-electron chi connectivity index (χ1n) is 4.99. The highest BCUT2D eigenvalue weighted by Gasteiger charge is 2.16. The second kappa shape index (κ2) is 4.51. The Bertz CT molecular complexity index is 449. The summed E-state index contributed by atoms with van der Waals surface area (Å²) in [4.78, 5) is 0. The van der Waals surface area contributed by atoms with Crippen LogP contribution in [0, 0.1) is 0 Å². The van der Waals surface area contributed by atoms with Crippen molar-refractivity contribution in [2.75, 3.05) is 0 Å². The molecule has 2 aromatic heterocycles. The Morgan fingerprint density at radius 1 is 1.00 bits per heavy atom. The molecule has 74 valence electrons. The van der Waals surface area contributed by atoms with Gasteiger partial charge in [-0.1, -0.05) is 6.08 Å². The highest BCUT2D eigenvalue weighted by Crippen LogP contribution is 1.91. The van der Waals surface area contributed by atoms with Gasteiger partial charge in [-0.2, -0.15) is 0 Å². The van der Waals surface area contributed by atoms with Gasteiger partial charge < -0.3 is 0 Å². The van der Waals surface area contributed by atoms with E-state index >= 15 is 0 Å². The second-order valence-corrected chi connectivity index (χ2v) is 3.28. The van der Waals surface area contributed by atoms with Crippen LogP contribution in [0.3, 0.4) is 0 Å². The molecular formula is C13H14N2+2. The third kappa shape index (κ3) is 2.10. The van der Waals surface area contributed by atoms with Gasteiger partial charge in [0, 0.05) is 24.3 Å². The SMILES string of the molecule is C=CCc1cccc[n+]1-[n+]1ccccc1. The third-order valence-corrected chi connectivity index (χ3v) is 2.22. The maximum atomic E-state index is 3.77. The van der Waals surface area contributed by atoms with E-state index in [1.165, 1.54) is 5.69 Å². The Balaban J connectivity index is 2.48. The quantitative estimate of drug-likeness (QED) is 0.519. The summed E-state index contributed by atoms with van der Waals surface area (Å²) in [5.74, 6) is 0. The Hall–Kier alpha value is -1.96. The predicted octanol–water partition coefficient (Wildman–Crippen LogP) is 1.30. The zero-order chi connectivity index (χ0) is 10.5. The largest absolute Gasteiger partial charge is 0.257 e. The van der Waals surface area contributed by atoms with Crippen molar-refractivity contribution in [3.05, 3.63) is 73.3 Å². The number of rotatable bonds is 3. The van der Waals surface area contributed by atoms with Gasteiger partial charge in [0.2, 0.25) is 18.6 Å². The lowest BCUT2D eigenvalue weighted by molar-refractivity contribution is -1.30. The highest BCUT2D eigenvalue weighted by molar-refractivity contribution is 5.00. The second-order valence-electron chi connectivity index (χ2n) is 3.28. The molecule has 0 aliphatic heterocycles. The molecule has 0 aromatic carbocycles. The summed E-state index contributed by atoms with van der Waals surface area (Å²) >= 11 is 0. The summed E-state index contributed by atoms with van der Waals surface area (Å²) in [7, 11) is 0. The van der Waals surface area contributed by atoms with Gasteiger partial charge in [-0.15, -0.1) is 6.58 Å².